The molecule has 1 N–H and O–H groups in total. The smallest absolute Gasteiger partial charge is 0.273 e. The lowest BCUT2D eigenvalue weighted by molar-refractivity contribution is 0.0923. The monoisotopic (exact) mass is 352 g/mol. The van der Waals surface area contributed by atoms with Gasteiger partial charge in [0, 0.05) is 23.5 Å². The molecule has 2 aromatic heterocycles. The summed E-state index contributed by atoms with van der Waals surface area (Å²) in [7, 11) is 0. The second-order valence-electron chi connectivity index (χ2n) is 6.29. The van der Waals surface area contributed by atoms with Gasteiger partial charge in [0.2, 0.25) is 0 Å². The molecule has 1 aliphatic rings. The van der Waals surface area contributed by atoms with Crippen molar-refractivity contribution in [3.8, 4) is 11.3 Å². The van der Waals surface area contributed by atoms with Crippen LogP contribution >= 0.6 is 0 Å². The molecule has 0 aliphatic heterocycles. The van der Waals surface area contributed by atoms with Crippen LogP contribution in [0.5, 0.6) is 0 Å². The van der Waals surface area contributed by atoms with Crippen LogP contribution in [0.1, 0.15) is 46.5 Å². The van der Waals surface area contributed by atoms with E-state index >= 15 is 0 Å². The van der Waals surface area contributed by atoms with Gasteiger partial charge in [-0.05, 0) is 38.3 Å². The van der Waals surface area contributed by atoms with Gasteiger partial charge >= 0.3 is 0 Å². The second-order valence-corrected chi connectivity index (χ2v) is 6.29. The number of amides is 1. The van der Waals surface area contributed by atoms with Crippen LogP contribution in [-0.2, 0) is 6.42 Å². The lowest BCUT2D eigenvalue weighted by Gasteiger charge is -2.25. The molecular formula is C19H17FN4O2. The minimum atomic E-state index is -0.427. The summed E-state index contributed by atoms with van der Waals surface area (Å²) in [6, 6.07) is 7.48. The first kappa shape index (κ1) is 16.4. The average Bonchev–Trinajstić information content (AvgIpc) is 3.12. The quantitative estimate of drug-likeness (QED) is 0.781. The summed E-state index contributed by atoms with van der Waals surface area (Å²) in [5.41, 5.74) is 2.30. The summed E-state index contributed by atoms with van der Waals surface area (Å²) in [5.74, 6) is 0.150. The largest absolute Gasteiger partial charge is 0.355 e. The fourth-order valence-electron chi connectivity index (χ4n) is 3.20. The maximum absolute atomic E-state index is 13.9. The third kappa shape index (κ3) is 3.08. The van der Waals surface area contributed by atoms with E-state index in [0.29, 0.717) is 0 Å². The molecule has 0 saturated heterocycles. The van der Waals surface area contributed by atoms with Gasteiger partial charge in [0.1, 0.15) is 11.6 Å². The molecule has 7 heteroatoms. The Hall–Kier alpha value is -3.09. The van der Waals surface area contributed by atoms with E-state index in [1.165, 1.54) is 12.1 Å². The molecule has 4 rings (SSSR count). The zero-order chi connectivity index (χ0) is 18.1. The van der Waals surface area contributed by atoms with E-state index in [1.807, 2.05) is 6.92 Å². The van der Waals surface area contributed by atoms with Crippen LogP contribution in [0.2, 0.25) is 0 Å². The molecule has 132 valence electrons. The van der Waals surface area contributed by atoms with Crippen molar-refractivity contribution in [3.63, 3.8) is 0 Å². The van der Waals surface area contributed by atoms with Gasteiger partial charge in [-0.15, -0.1) is 0 Å². The number of nitrogens with one attached hydrogen (secondary N) is 1. The van der Waals surface area contributed by atoms with Gasteiger partial charge in [-0.1, -0.05) is 17.3 Å². The van der Waals surface area contributed by atoms with Gasteiger partial charge in [0.05, 0.1) is 11.6 Å². The first-order chi connectivity index (χ1) is 12.6. The molecule has 0 radical (unpaired) electrons. The zero-order valence-electron chi connectivity index (χ0n) is 14.2. The lowest BCUT2D eigenvalue weighted by atomic mass is 9.92. The number of carbonyl (C=O) groups excluding carboxylic acids is 1. The summed E-state index contributed by atoms with van der Waals surface area (Å²) in [6.07, 6.45) is 4.40. The van der Waals surface area contributed by atoms with Crippen LogP contribution in [0.4, 0.5) is 4.39 Å². The van der Waals surface area contributed by atoms with E-state index in [2.05, 4.69) is 20.4 Å². The van der Waals surface area contributed by atoms with Crippen LogP contribution < -0.4 is 5.32 Å². The Morgan fingerprint density at radius 2 is 2.19 bits per heavy atom. The van der Waals surface area contributed by atoms with Gasteiger partial charge in [-0.25, -0.2) is 14.4 Å². The molecule has 1 aromatic carbocycles. The van der Waals surface area contributed by atoms with Crippen LogP contribution in [-0.4, -0.2) is 21.0 Å². The van der Waals surface area contributed by atoms with Gasteiger partial charge in [0.15, 0.2) is 11.5 Å². The first-order valence-corrected chi connectivity index (χ1v) is 8.46. The molecule has 0 saturated carbocycles. The van der Waals surface area contributed by atoms with Gasteiger partial charge in [0.25, 0.3) is 5.91 Å². The molecule has 0 fully saturated rings. The average molecular weight is 352 g/mol. The van der Waals surface area contributed by atoms with E-state index < -0.39 is 5.82 Å². The molecule has 1 unspecified atom stereocenters. The van der Waals surface area contributed by atoms with E-state index in [4.69, 9.17) is 4.52 Å². The summed E-state index contributed by atoms with van der Waals surface area (Å²) in [6.45, 7) is 1.85. The molecule has 0 bridgehead atoms. The molecule has 0 spiro atoms. The third-order valence-electron chi connectivity index (χ3n) is 4.49. The highest BCUT2D eigenvalue weighted by molar-refractivity contribution is 5.93. The van der Waals surface area contributed by atoms with Crippen LogP contribution in [0.25, 0.3) is 11.3 Å². The first-order valence-electron chi connectivity index (χ1n) is 8.46. The molecule has 6 nitrogen and oxygen atoms in total. The number of benzene rings is 1. The topological polar surface area (TPSA) is 80.9 Å². The number of fused-ring (bicyclic) bond motifs is 1. The van der Waals surface area contributed by atoms with Crippen molar-refractivity contribution in [3.05, 3.63) is 65.1 Å². The molecule has 1 amide bonds. The Morgan fingerprint density at radius 1 is 1.35 bits per heavy atom. The molecule has 1 aliphatic carbocycles. The fraction of sp³-hybridized carbons (Fsp3) is 0.263. The molecule has 2 heterocycles. The van der Waals surface area contributed by atoms with Crippen molar-refractivity contribution in [2.75, 3.05) is 0 Å². The van der Waals surface area contributed by atoms with Crippen molar-refractivity contribution in [2.24, 2.45) is 0 Å². The lowest BCUT2D eigenvalue weighted by Crippen LogP contribution is -2.31. The van der Waals surface area contributed by atoms with Crippen LogP contribution in [0.3, 0.4) is 0 Å². The van der Waals surface area contributed by atoms with Crippen LogP contribution in [0, 0.1) is 12.7 Å². The standard InChI is InChI=1S/C19H17FN4O2/c1-11-21-10-13-15(22-11)7-4-8-16(13)23-19(25)17-9-18(26-24-17)12-5-2-3-6-14(12)20/h2-3,5-6,9-10,16H,4,7-8H2,1H3,(H,23,25). The number of halogens is 1. The number of rotatable bonds is 3. The number of nitrogens with zero attached hydrogens (tertiary/aromatic N) is 3. The maximum atomic E-state index is 13.9. The van der Waals surface area contributed by atoms with Crippen molar-refractivity contribution in [1.29, 1.82) is 0 Å². The minimum absolute atomic E-state index is 0.114. The third-order valence-corrected chi connectivity index (χ3v) is 4.49. The van der Waals surface area contributed by atoms with Crippen molar-refractivity contribution < 1.29 is 13.7 Å². The predicted octanol–water partition coefficient (Wildman–Crippen LogP) is 3.39. The Labute approximate surface area is 149 Å². The van der Waals surface area contributed by atoms with Crippen molar-refractivity contribution in [2.45, 2.75) is 32.2 Å². The Kier molecular flexibility index (Phi) is 4.20. The maximum Gasteiger partial charge on any atom is 0.273 e. The summed E-state index contributed by atoms with van der Waals surface area (Å²) in [4.78, 5) is 21.2. The second kappa shape index (κ2) is 6.67. The molecule has 3 aromatic rings. The normalized spacial score (nSPS) is 16.2. The van der Waals surface area contributed by atoms with Crippen molar-refractivity contribution in [1.82, 2.24) is 20.4 Å². The summed E-state index contributed by atoms with van der Waals surface area (Å²) in [5, 5.41) is 6.74. The van der Waals surface area contributed by atoms with Gasteiger partial charge < -0.3 is 9.84 Å². The number of aryl methyl sites for hydroxylation is 2. The number of hydrogen-bond donors (Lipinski definition) is 1. The predicted molar refractivity (Wildman–Crippen MR) is 91.8 cm³/mol. The highest BCUT2D eigenvalue weighted by Crippen LogP contribution is 2.29. The van der Waals surface area contributed by atoms with Crippen molar-refractivity contribution >= 4 is 5.91 Å². The summed E-state index contributed by atoms with van der Waals surface area (Å²) >= 11 is 0. The van der Waals surface area contributed by atoms with Crippen LogP contribution in [0.15, 0.2) is 41.1 Å². The van der Waals surface area contributed by atoms with Gasteiger partial charge in [-0.3, -0.25) is 4.79 Å². The molecule has 1 atom stereocenters. The Bertz CT molecular complexity index is 970. The van der Waals surface area contributed by atoms with E-state index in [0.717, 1.165) is 36.3 Å². The van der Waals surface area contributed by atoms with E-state index in [1.54, 1.807) is 24.4 Å². The molecular weight excluding hydrogens is 335 g/mol. The van der Waals surface area contributed by atoms with E-state index in [-0.39, 0.29) is 29.0 Å². The van der Waals surface area contributed by atoms with E-state index in [9.17, 15) is 9.18 Å². The zero-order valence-corrected chi connectivity index (χ0v) is 14.2. The number of hydrogen-bond acceptors (Lipinski definition) is 5. The number of carbonyl (C=O) groups is 1. The number of aromatic nitrogens is 3. The molecule has 26 heavy (non-hydrogen) atoms. The highest BCUT2D eigenvalue weighted by Gasteiger charge is 2.25. The summed E-state index contributed by atoms with van der Waals surface area (Å²) < 4.78 is 19.0. The van der Waals surface area contributed by atoms with Gasteiger partial charge in [-0.2, -0.15) is 0 Å². The SMILES string of the molecule is Cc1ncc2c(n1)CCCC2NC(=O)c1cc(-c2ccccc2F)on1. The Balaban J connectivity index is 1.54. The minimum Gasteiger partial charge on any atom is -0.355 e. The Morgan fingerprint density at radius 3 is 3.04 bits per heavy atom. The highest BCUT2D eigenvalue weighted by atomic mass is 19.1. The fourth-order valence-corrected chi connectivity index (χ4v) is 3.20.